The normalized spacial score (nSPS) is 11.3. The fourth-order valence-electron chi connectivity index (χ4n) is 1.51. The molecule has 0 aliphatic carbocycles. The highest BCUT2D eigenvalue weighted by atomic mass is 32.1. The molecule has 0 saturated heterocycles. The molecule has 5 nitrogen and oxygen atoms in total. The zero-order valence-corrected chi connectivity index (χ0v) is 12.6. The first-order valence-electron chi connectivity index (χ1n) is 6.42. The van der Waals surface area contributed by atoms with Crippen molar-refractivity contribution in [1.29, 1.82) is 0 Å². The monoisotopic (exact) mass is 293 g/mol. The Morgan fingerprint density at radius 3 is 2.55 bits per heavy atom. The van der Waals surface area contributed by atoms with Crippen LogP contribution < -0.4 is 16.0 Å². The van der Waals surface area contributed by atoms with Crippen LogP contribution in [0.2, 0.25) is 0 Å². The maximum absolute atomic E-state index is 12.2. The van der Waals surface area contributed by atoms with E-state index in [4.69, 9.17) is 12.2 Å². The molecule has 0 aliphatic rings. The number of hydrogen-bond acceptors (Lipinski definition) is 3. The van der Waals surface area contributed by atoms with Crippen LogP contribution in [0.25, 0.3) is 0 Å². The van der Waals surface area contributed by atoms with Gasteiger partial charge in [-0.05, 0) is 37.7 Å². The number of hydrogen-bond donors (Lipinski definition) is 3. The van der Waals surface area contributed by atoms with E-state index < -0.39 is 0 Å². The van der Waals surface area contributed by atoms with E-state index in [1.165, 1.54) is 6.92 Å². The Labute approximate surface area is 124 Å². The minimum absolute atomic E-state index is 0.0952. The van der Waals surface area contributed by atoms with Crippen molar-refractivity contribution in [3.8, 4) is 0 Å². The Morgan fingerprint density at radius 2 is 1.95 bits per heavy atom. The molecule has 1 atom stereocenters. The number of carbonyl (C=O) groups excluding carboxylic acids is 2. The van der Waals surface area contributed by atoms with Gasteiger partial charge >= 0.3 is 0 Å². The van der Waals surface area contributed by atoms with Gasteiger partial charge in [-0.25, -0.2) is 0 Å². The van der Waals surface area contributed by atoms with Crippen molar-refractivity contribution in [2.75, 3.05) is 5.32 Å². The van der Waals surface area contributed by atoms with E-state index >= 15 is 0 Å². The highest BCUT2D eigenvalue weighted by Crippen LogP contribution is 2.15. The lowest BCUT2D eigenvalue weighted by Crippen LogP contribution is -2.35. The summed E-state index contributed by atoms with van der Waals surface area (Å²) in [5, 5.41) is 8.37. The molecule has 0 saturated carbocycles. The van der Waals surface area contributed by atoms with Crippen molar-refractivity contribution >= 4 is 34.8 Å². The molecule has 0 bridgehead atoms. The van der Waals surface area contributed by atoms with Gasteiger partial charge in [0.05, 0.1) is 11.3 Å². The number of benzene rings is 1. The summed E-state index contributed by atoms with van der Waals surface area (Å²) < 4.78 is 0. The number of rotatable bonds is 4. The predicted octanol–water partition coefficient (Wildman–Crippen LogP) is 2.05. The average molecular weight is 293 g/mol. The molecular weight excluding hydrogens is 274 g/mol. The first-order chi connectivity index (χ1) is 9.43. The molecule has 1 rings (SSSR count). The second-order valence-corrected chi connectivity index (χ2v) is 4.87. The summed E-state index contributed by atoms with van der Waals surface area (Å²) in [4.78, 5) is 23.1. The Morgan fingerprint density at radius 1 is 1.30 bits per heavy atom. The second-order valence-electron chi connectivity index (χ2n) is 4.46. The summed E-state index contributed by atoms with van der Waals surface area (Å²) in [6.45, 7) is 5.31. The molecule has 20 heavy (non-hydrogen) atoms. The Kier molecular flexibility index (Phi) is 6.11. The smallest absolute Gasteiger partial charge is 0.253 e. The fraction of sp³-hybridized carbons (Fsp3) is 0.357. The van der Waals surface area contributed by atoms with Crippen molar-refractivity contribution in [3.05, 3.63) is 29.8 Å². The van der Waals surface area contributed by atoms with E-state index in [-0.39, 0.29) is 23.0 Å². The number of carbonyl (C=O) groups is 2. The first kappa shape index (κ1) is 16.1. The molecule has 0 radical (unpaired) electrons. The summed E-state index contributed by atoms with van der Waals surface area (Å²) >= 11 is 4.99. The van der Waals surface area contributed by atoms with Crippen LogP contribution in [0.3, 0.4) is 0 Å². The van der Waals surface area contributed by atoms with E-state index in [1.807, 2.05) is 13.8 Å². The number of para-hydroxylation sites is 1. The second kappa shape index (κ2) is 7.59. The molecule has 1 aromatic rings. The molecule has 0 aliphatic heterocycles. The van der Waals surface area contributed by atoms with E-state index in [1.54, 1.807) is 24.3 Å². The lowest BCUT2D eigenvalue weighted by atomic mass is 10.1. The van der Waals surface area contributed by atoms with Gasteiger partial charge in [-0.3, -0.25) is 9.59 Å². The van der Waals surface area contributed by atoms with Gasteiger partial charge in [-0.15, -0.1) is 0 Å². The molecule has 108 valence electrons. The van der Waals surface area contributed by atoms with Gasteiger partial charge in [-0.2, -0.15) is 0 Å². The fourth-order valence-corrected chi connectivity index (χ4v) is 1.76. The molecule has 2 amide bonds. The van der Waals surface area contributed by atoms with Gasteiger partial charge in [-0.1, -0.05) is 19.1 Å². The van der Waals surface area contributed by atoms with Gasteiger partial charge in [0.15, 0.2) is 5.11 Å². The number of nitrogens with one attached hydrogen (secondary N) is 3. The summed E-state index contributed by atoms with van der Waals surface area (Å²) in [5.74, 6) is -0.433. The van der Waals surface area contributed by atoms with Crippen molar-refractivity contribution in [2.45, 2.75) is 33.2 Å². The van der Waals surface area contributed by atoms with E-state index in [2.05, 4.69) is 16.0 Å². The van der Waals surface area contributed by atoms with Gasteiger partial charge in [0.25, 0.3) is 5.91 Å². The van der Waals surface area contributed by atoms with Crippen LogP contribution in [0.1, 0.15) is 37.6 Å². The van der Waals surface area contributed by atoms with Crippen molar-refractivity contribution in [3.63, 3.8) is 0 Å². The molecule has 0 aromatic heterocycles. The SMILES string of the molecule is CCC(C)NC(=O)c1ccccc1NC(=S)NC(C)=O. The highest BCUT2D eigenvalue weighted by molar-refractivity contribution is 7.80. The van der Waals surface area contributed by atoms with Crippen LogP contribution in [0.15, 0.2) is 24.3 Å². The largest absolute Gasteiger partial charge is 0.350 e. The molecule has 0 fully saturated rings. The van der Waals surface area contributed by atoms with Crippen LogP contribution in [-0.2, 0) is 4.79 Å². The Hall–Kier alpha value is -1.95. The first-order valence-corrected chi connectivity index (χ1v) is 6.83. The van der Waals surface area contributed by atoms with Gasteiger partial charge in [0.2, 0.25) is 5.91 Å². The van der Waals surface area contributed by atoms with Crippen LogP contribution in [0, 0.1) is 0 Å². The van der Waals surface area contributed by atoms with Crippen LogP contribution in [0.5, 0.6) is 0 Å². The zero-order valence-electron chi connectivity index (χ0n) is 11.8. The summed E-state index contributed by atoms with van der Waals surface area (Å²) in [6, 6.07) is 7.10. The van der Waals surface area contributed by atoms with Gasteiger partial charge < -0.3 is 16.0 Å². The Bertz CT molecular complexity index is 517. The molecule has 1 unspecified atom stereocenters. The van der Waals surface area contributed by atoms with Crippen LogP contribution in [-0.4, -0.2) is 23.0 Å². The van der Waals surface area contributed by atoms with E-state index in [0.717, 1.165) is 6.42 Å². The van der Waals surface area contributed by atoms with E-state index in [9.17, 15) is 9.59 Å². The van der Waals surface area contributed by atoms with Crippen LogP contribution in [0.4, 0.5) is 5.69 Å². The highest BCUT2D eigenvalue weighted by Gasteiger charge is 2.13. The summed E-state index contributed by atoms with van der Waals surface area (Å²) in [5.41, 5.74) is 1.05. The summed E-state index contributed by atoms with van der Waals surface area (Å²) in [7, 11) is 0. The topological polar surface area (TPSA) is 70.2 Å². The van der Waals surface area contributed by atoms with Crippen molar-refractivity contribution in [2.24, 2.45) is 0 Å². The van der Waals surface area contributed by atoms with Gasteiger partial charge in [0.1, 0.15) is 0 Å². The molecule has 6 heteroatoms. The number of anilines is 1. The van der Waals surface area contributed by atoms with Crippen molar-refractivity contribution < 1.29 is 9.59 Å². The third kappa shape index (κ3) is 4.97. The number of thiocarbonyl (C=S) groups is 1. The van der Waals surface area contributed by atoms with Gasteiger partial charge in [0, 0.05) is 13.0 Å². The number of amides is 2. The third-order valence-corrected chi connectivity index (χ3v) is 2.90. The van der Waals surface area contributed by atoms with E-state index in [0.29, 0.717) is 11.3 Å². The third-order valence-electron chi connectivity index (χ3n) is 2.70. The molecule has 3 N–H and O–H groups in total. The maximum Gasteiger partial charge on any atom is 0.253 e. The zero-order chi connectivity index (χ0) is 15.1. The van der Waals surface area contributed by atoms with Crippen LogP contribution >= 0.6 is 12.2 Å². The Balaban J connectivity index is 2.85. The molecular formula is C14H19N3O2S. The average Bonchev–Trinajstić information content (AvgIpc) is 2.37. The lowest BCUT2D eigenvalue weighted by Gasteiger charge is -2.15. The molecule has 1 aromatic carbocycles. The predicted molar refractivity (Wildman–Crippen MR) is 83.7 cm³/mol. The summed E-state index contributed by atoms with van der Waals surface area (Å²) in [6.07, 6.45) is 0.853. The minimum atomic E-state index is -0.260. The molecule has 0 spiro atoms. The standard InChI is InChI=1S/C14H19N3O2S/c1-4-9(2)15-13(19)11-7-5-6-8-12(11)17-14(20)16-10(3)18/h5-9H,4H2,1-3H3,(H,15,19)(H2,16,17,18,20). The quantitative estimate of drug-likeness (QED) is 0.743. The minimum Gasteiger partial charge on any atom is -0.350 e. The molecule has 0 heterocycles. The van der Waals surface area contributed by atoms with Crippen molar-refractivity contribution in [1.82, 2.24) is 10.6 Å². The maximum atomic E-state index is 12.2. The lowest BCUT2D eigenvalue weighted by molar-refractivity contribution is -0.117.